The van der Waals surface area contributed by atoms with Crippen LogP contribution in [0, 0.1) is 5.92 Å². The molecule has 0 aliphatic carbocycles. The second-order valence-corrected chi connectivity index (χ2v) is 8.09. The fourth-order valence-corrected chi connectivity index (χ4v) is 3.85. The summed E-state index contributed by atoms with van der Waals surface area (Å²) >= 11 is 0. The monoisotopic (exact) mass is 404 g/mol. The van der Waals surface area contributed by atoms with Crippen LogP contribution in [0.15, 0.2) is 54.6 Å². The number of aromatic nitrogens is 4. The Bertz CT molecular complexity index is 953. The van der Waals surface area contributed by atoms with Crippen molar-refractivity contribution in [2.75, 3.05) is 13.1 Å². The van der Waals surface area contributed by atoms with Crippen LogP contribution in [0.3, 0.4) is 0 Å². The Balaban J connectivity index is 1.24. The minimum absolute atomic E-state index is 0.0467. The van der Waals surface area contributed by atoms with E-state index in [1.807, 2.05) is 30.3 Å². The summed E-state index contributed by atoms with van der Waals surface area (Å²) in [6.45, 7) is 6.23. The Morgan fingerprint density at radius 2 is 1.87 bits per heavy atom. The second-order valence-electron chi connectivity index (χ2n) is 8.09. The van der Waals surface area contributed by atoms with E-state index >= 15 is 0 Å². The first-order valence-corrected chi connectivity index (χ1v) is 10.6. The molecule has 1 fully saturated rings. The van der Waals surface area contributed by atoms with Crippen LogP contribution in [0.5, 0.6) is 0 Å². The van der Waals surface area contributed by atoms with Crippen LogP contribution in [0.25, 0.3) is 11.4 Å². The molecule has 1 N–H and O–H groups in total. The van der Waals surface area contributed by atoms with Gasteiger partial charge in [-0.3, -0.25) is 9.69 Å². The Labute approximate surface area is 177 Å². The van der Waals surface area contributed by atoms with Crippen molar-refractivity contribution in [2.24, 2.45) is 5.92 Å². The van der Waals surface area contributed by atoms with Crippen LogP contribution >= 0.6 is 0 Å². The summed E-state index contributed by atoms with van der Waals surface area (Å²) in [6, 6.07) is 18.1. The molecule has 1 atom stereocenters. The molecule has 30 heavy (non-hydrogen) atoms. The molecule has 0 radical (unpaired) electrons. The number of carbonyl (C=O) groups excluding carboxylic acids is 1. The maximum absolute atomic E-state index is 12.2. The number of rotatable bonds is 7. The number of nitrogens with zero attached hydrogens (tertiary/aromatic N) is 5. The van der Waals surface area contributed by atoms with E-state index < -0.39 is 0 Å². The molecule has 7 heteroatoms. The highest BCUT2D eigenvalue weighted by molar-refractivity contribution is 5.75. The van der Waals surface area contributed by atoms with Crippen LogP contribution in [0.4, 0.5) is 0 Å². The summed E-state index contributed by atoms with van der Waals surface area (Å²) in [7, 11) is 0. The van der Waals surface area contributed by atoms with Gasteiger partial charge in [0.25, 0.3) is 0 Å². The van der Waals surface area contributed by atoms with E-state index in [1.165, 1.54) is 36.3 Å². The topological polar surface area (TPSA) is 75.9 Å². The first-order valence-electron chi connectivity index (χ1n) is 10.6. The maximum Gasteiger partial charge on any atom is 0.243 e. The van der Waals surface area contributed by atoms with Crippen LogP contribution in [0.1, 0.15) is 30.9 Å². The van der Waals surface area contributed by atoms with E-state index in [9.17, 15) is 4.79 Å². The number of amides is 1. The molecule has 7 nitrogen and oxygen atoms in total. The molecule has 1 amide bonds. The molecule has 2 heterocycles. The number of piperidine rings is 1. The Kier molecular flexibility index (Phi) is 6.49. The van der Waals surface area contributed by atoms with Crippen molar-refractivity contribution in [1.82, 2.24) is 30.4 Å². The third-order valence-electron chi connectivity index (χ3n) is 5.43. The average Bonchev–Trinajstić information content (AvgIpc) is 3.22. The lowest BCUT2D eigenvalue weighted by Gasteiger charge is -2.30. The Morgan fingerprint density at radius 1 is 1.10 bits per heavy atom. The van der Waals surface area contributed by atoms with Crippen molar-refractivity contribution in [3.63, 3.8) is 0 Å². The molecule has 1 aliphatic rings. The summed E-state index contributed by atoms with van der Waals surface area (Å²) in [5.41, 5.74) is 3.28. The number of hydrogen-bond acceptors (Lipinski definition) is 5. The van der Waals surface area contributed by atoms with E-state index in [4.69, 9.17) is 0 Å². The van der Waals surface area contributed by atoms with Gasteiger partial charge in [0.05, 0.1) is 0 Å². The summed E-state index contributed by atoms with van der Waals surface area (Å²) in [4.78, 5) is 16.1. The lowest BCUT2D eigenvalue weighted by atomic mass is 9.99. The smallest absolute Gasteiger partial charge is 0.243 e. The van der Waals surface area contributed by atoms with E-state index in [0.29, 0.717) is 12.4 Å². The molecule has 4 rings (SSSR count). The van der Waals surface area contributed by atoms with Crippen LogP contribution in [0.2, 0.25) is 0 Å². The van der Waals surface area contributed by atoms with Gasteiger partial charge in [0.2, 0.25) is 11.7 Å². The molecule has 1 saturated heterocycles. The summed E-state index contributed by atoms with van der Waals surface area (Å²) in [6.07, 6.45) is 2.63. The van der Waals surface area contributed by atoms with Gasteiger partial charge in [-0.25, -0.2) is 0 Å². The number of hydrogen-bond donors (Lipinski definition) is 1. The quantitative estimate of drug-likeness (QED) is 0.655. The molecule has 3 aromatic rings. The summed E-state index contributed by atoms with van der Waals surface area (Å²) in [5, 5.41) is 15.2. The molecule has 0 spiro atoms. The molecule has 1 unspecified atom stereocenters. The van der Waals surface area contributed by atoms with Crippen molar-refractivity contribution < 1.29 is 4.79 Å². The lowest BCUT2D eigenvalue weighted by molar-refractivity contribution is -0.122. The third-order valence-corrected chi connectivity index (χ3v) is 5.43. The molecule has 156 valence electrons. The van der Waals surface area contributed by atoms with Crippen LogP contribution < -0.4 is 5.32 Å². The van der Waals surface area contributed by atoms with Crippen molar-refractivity contribution >= 4 is 5.91 Å². The molecular weight excluding hydrogens is 376 g/mol. The van der Waals surface area contributed by atoms with E-state index in [1.54, 1.807) is 0 Å². The lowest BCUT2D eigenvalue weighted by Crippen LogP contribution is -2.33. The average molecular weight is 405 g/mol. The first kappa shape index (κ1) is 20.2. The highest BCUT2D eigenvalue weighted by atomic mass is 16.2. The molecule has 2 aromatic carbocycles. The zero-order valence-corrected chi connectivity index (χ0v) is 17.4. The molecule has 1 aliphatic heterocycles. The normalized spacial score (nSPS) is 17.0. The van der Waals surface area contributed by atoms with Gasteiger partial charge in [0, 0.05) is 25.2 Å². The Hall–Kier alpha value is -3.06. The Morgan fingerprint density at radius 3 is 2.63 bits per heavy atom. The number of benzene rings is 2. The zero-order valence-electron chi connectivity index (χ0n) is 17.4. The van der Waals surface area contributed by atoms with Gasteiger partial charge in [0.1, 0.15) is 6.54 Å². The van der Waals surface area contributed by atoms with Crippen molar-refractivity contribution in [2.45, 2.75) is 39.4 Å². The summed E-state index contributed by atoms with van der Waals surface area (Å²) in [5.74, 6) is 1.16. The minimum atomic E-state index is -0.140. The van der Waals surface area contributed by atoms with Crippen LogP contribution in [-0.2, 0) is 24.4 Å². The van der Waals surface area contributed by atoms with Crippen molar-refractivity contribution in [3.05, 3.63) is 65.7 Å². The fourth-order valence-electron chi connectivity index (χ4n) is 3.85. The van der Waals surface area contributed by atoms with Gasteiger partial charge >= 0.3 is 0 Å². The van der Waals surface area contributed by atoms with Crippen LogP contribution in [-0.4, -0.2) is 44.1 Å². The highest BCUT2D eigenvalue weighted by Gasteiger charge is 2.16. The predicted molar refractivity (Wildman–Crippen MR) is 115 cm³/mol. The van der Waals surface area contributed by atoms with E-state index in [-0.39, 0.29) is 12.5 Å². The SMILES string of the molecule is CC1CCCN(Cc2ccc(CNC(=O)Cn3nnc(-c4ccccc4)n3)cc2)C1. The third kappa shape index (κ3) is 5.51. The van der Waals surface area contributed by atoms with Gasteiger partial charge in [-0.2, -0.15) is 4.80 Å². The molecular formula is C23H28N6O. The van der Waals surface area contributed by atoms with Gasteiger partial charge in [-0.15, -0.1) is 10.2 Å². The minimum Gasteiger partial charge on any atom is -0.350 e. The number of nitrogens with one attached hydrogen (secondary N) is 1. The van der Waals surface area contributed by atoms with Gasteiger partial charge in [-0.1, -0.05) is 61.5 Å². The van der Waals surface area contributed by atoms with Crippen molar-refractivity contribution in [3.8, 4) is 11.4 Å². The maximum atomic E-state index is 12.2. The largest absolute Gasteiger partial charge is 0.350 e. The standard InChI is InChI=1S/C23H28N6O/c1-18-6-5-13-28(15-18)16-20-11-9-19(10-12-20)14-24-22(30)17-29-26-23(25-27-29)21-7-3-2-4-8-21/h2-4,7-12,18H,5-6,13-17H2,1H3,(H,24,30). The number of carbonyl (C=O) groups is 1. The van der Waals surface area contributed by atoms with Gasteiger partial charge in [0.15, 0.2) is 0 Å². The number of tetrazole rings is 1. The summed E-state index contributed by atoms with van der Waals surface area (Å²) < 4.78 is 0. The number of likely N-dealkylation sites (tertiary alicyclic amines) is 1. The van der Waals surface area contributed by atoms with Crippen molar-refractivity contribution in [1.29, 1.82) is 0 Å². The second kappa shape index (κ2) is 9.63. The zero-order chi connectivity index (χ0) is 20.8. The van der Waals surface area contributed by atoms with E-state index in [2.05, 4.69) is 56.8 Å². The van der Waals surface area contributed by atoms with Gasteiger partial charge in [-0.05, 0) is 41.6 Å². The predicted octanol–water partition coefficient (Wildman–Crippen LogP) is 2.89. The molecule has 0 saturated carbocycles. The molecule has 1 aromatic heterocycles. The van der Waals surface area contributed by atoms with Gasteiger partial charge < -0.3 is 5.32 Å². The van der Waals surface area contributed by atoms with E-state index in [0.717, 1.165) is 23.6 Å². The highest BCUT2D eigenvalue weighted by Crippen LogP contribution is 2.18. The molecule has 0 bridgehead atoms. The first-order chi connectivity index (χ1) is 14.7. The fraction of sp³-hybridized carbons (Fsp3) is 0.391.